The molecule has 2 atom stereocenters. The second kappa shape index (κ2) is 5.42. The van der Waals surface area contributed by atoms with Crippen molar-refractivity contribution in [2.24, 2.45) is 0 Å². The molecule has 1 aromatic carbocycles. The molecule has 0 amide bonds. The number of carboxylic acid groups (broad SMARTS) is 2. The standard InChI is InChI=1S/C11H13NO5/c1-7(10(13)14)12(17)9(11(15)16)8-5-3-2-4-6-8/h2-7,9,17H,1H3,(H,13,14)(H,15,16). The van der Waals surface area contributed by atoms with Crippen molar-refractivity contribution in [2.75, 3.05) is 0 Å². The Morgan fingerprint density at radius 2 is 1.65 bits per heavy atom. The summed E-state index contributed by atoms with van der Waals surface area (Å²) in [5.41, 5.74) is 0.315. The monoisotopic (exact) mass is 239 g/mol. The summed E-state index contributed by atoms with van der Waals surface area (Å²) < 4.78 is 0. The molecular formula is C11H13NO5. The summed E-state index contributed by atoms with van der Waals surface area (Å²) in [6, 6.07) is 5.24. The minimum absolute atomic E-state index is 0.315. The molecule has 0 aromatic heterocycles. The predicted molar refractivity (Wildman–Crippen MR) is 57.5 cm³/mol. The summed E-state index contributed by atoms with van der Waals surface area (Å²) in [4.78, 5) is 21.8. The van der Waals surface area contributed by atoms with Crippen molar-refractivity contribution >= 4 is 11.9 Å². The van der Waals surface area contributed by atoms with E-state index in [1.807, 2.05) is 0 Å². The van der Waals surface area contributed by atoms with Crippen molar-refractivity contribution in [1.82, 2.24) is 5.06 Å². The summed E-state index contributed by atoms with van der Waals surface area (Å²) in [6.45, 7) is 1.21. The van der Waals surface area contributed by atoms with Crippen molar-refractivity contribution in [3.8, 4) is 0 Å². The topological polar surface area (TPSA) is 98.1 Å². The minimum atomic E-state index is -1.40. The SMILES string of the molecule is CC(C(=O)O)N(O)C(C(=O)O)c1ccccc1. The van der Waals surface area contributed by atoms with E-state index in [2.05, 4.69) is 0 Å². The summed E-state index contributed by atoms with van der Waals surface area (Å²) >= 11 is 0. The Labute approximate surface area is 97.7 Å². The van der Waals surface area contributed by atoms with Crippen molar-refractivity contribution in [2.45, 2.75) is 19.0 Å². The van der Waals surface area contributed by atoms with Crippen LogP contribution >= 0.6 is 0 Å². The van der Waals surface area contributed by atoms with Gasteiger partial charge in [-0.25, -0.2) is 0 Å². The zero-order valence-corrected chi connectivity index (χ0v) is 9.15. The number of nitrogens with zero attached hydrogens (tertiary/aromatic N) is 1. The molecule has 0 bridgehead atoms. The first-order chi connectivity index (χ1) is 7.95. The van der Waals surface area contributed by atoms with Gasteiger partial charge in [0.15, 0.2) is 6.04 Å². The van der Waals surface area contributed by atoms with Gasteiger partial charge in [0.25, 0.3) is 0 Å². The number of benzene rings is 1. The molecule has 6 nitrogen and oxygen atoms in total. The van der Waals surface area contributed by atoms with E-state index in [9.17, 15) is 14.8 Å². The Morgan fingerprint density at radius 3 is 2.06 bits per heavy atom. The number of carbonyl (C=O) groups is 2. The first-order valence-corrected chi connectivity index (χ1v) is 4.93. The molecule has 0 heterocycles. The van der Waals surface area contributed by atoms with Crippen LogP contribution in [0.2, 0.25) is 0 Å². The minimum Gasteiger partial charge on any atom is -0.480 e. The maximum atomic E-state index is 11.1. The highest BCUT2D eigenvalue weighted by atomic mass is 16.5. The van der Waals surface area contributed by atoms with Gasteiger partial charge in [0, 0.05) is 0 Å². The van der Waals surface area contributed by atoms with Gasteiger partial charge in [0.2, 0.25) is 0 Å². The van der Waals surface area contributed by atoms with E-state index in [0.29, 0.717) is 10.6 Å². The van der Waals surface area contributed by atoms with Crippen LogP contribution in [0.25, 0.3) is 0 Å². The first kappa shape index (κ1) is 13.1. The van der Waals surface area contributed by atoms with Gasteiger partial charge in [0.1, 0.15) is 6.04 Å². The molecule has 1 aromatic rings. The van der Waals surface area contributed by atoms with E-state index in [0.717, 1.165) is 0 Å². The summed E-state index contributed by atoms with van der Waals surface area (Å²) in [6.07, 6.45) is 0. The molecule has 0 fully saturated rings. The van der Waals surface area contributed by atoms with E-state index in [-0.39, 0.29) is 0 Å². The average molecular weight is 239 g/mol. The van der Waals surface area contributed by atoms with Gasteiger partial charge < -0.3 is 15.4 Å². The molecule has 0 radical (unpaired) electrons. The molecule has 0 saturated carbocycles. The lowest BCUT2D eigenvalue weighted by molar-refractivity contribution is -0.192. The van der Waals surface area contributed by atoms with E-state index in [1.54, 1.807) is 18.2 Å². The Hall–Kier alpha value is -1.92. The molecule has 3 N–H and O–H groups in total. The fourth-order valence-electron chi connectivity index (χ4n) is 1.38. The van der Waals surface area contributed by atoms with Gasteiger partial charge in [-0.05, 0) is 12.5 Å². The van der Waals surface area contributed by atoms with Crippen molar-refractivity contribution in [3.63, 3.8) is 0 Å². The van der Waals surface area contributed by atoms with Gasteiger partial charge >= 0.3 is 11.9 Å². The molecule has 1 rings (SSSR count). The van der Waals surface area contributed by atoms with Gasteiger partial charge in [-0.1, -0.05) is 30.3 Å². The van der Waals surface area contributed by atoms with Crippen LogP contribution in [0, 0.1) is 0 Å². The molecule has 0 aliphatic carbocycles. The molecule has 17 heavy (non-hydrogen) atoms. The van der Waals surface area contributed by atoms with Gasteiger partial charge in [0.05, 0.1) is 0 Å². The van der Waals surface area contributed by atoms with Crippen molar-refractivity contribution in [3.05, 3.63) is 35.9 Å². The van der Waals surface area contributed by atoms with E-state index in [1.165, 1.54) is 19.1 Å². The Kier molecular flexibility index (Phi) is 4.19. The lowest BCUT2D eigenvalue weighted by Gasteiger charge is -2.25. The fourth-order valence-corrected chi connectivity index (χ4v) is 1.38. The molecule has 0 aliphatic heterocycles. The number of hydrogen-bond donors (Lipinski definition) is 3. The van der Waals surface area contributed by atoms with Crippen LogP contribution in [0.5, 0.6) is 0 Å². The second-order valence-electron chi connectivity index (χ2n) is 3.55. The lowest BCUT2D eigenvalue weighted by Crippen LogP contribution is -2.42. The smallest absolute Gasteiger partial charge is 0.327 e. The van der Waals surface area contributed by atoms with Crippen LogP contribution in [0.15, 0.2) is 30.3 Å². The zero-order valence-electron chi connectivity index (χ0n) is 9.15. The van der Waals surface area contributed by atoms with Crippen LogP contribution in [0.1, 0.15) is 18.5 Å². The molecule has 2 unspecified atom stereocenters. The highest BCUT2D eigenvalue weighted by Crippen LogP contribution is 2.21. The second-order valence-corrected chi connectivity index (χ2v) is 3.55. The quantitative estimate of drug-likeness (QED) is 0.662. The molecule has 6 heteroatoms. The molecular weight excluding hydrogens is 226 g/mol. The Bertz CT molecular complexity index is 406. The fraction of sp³-hybridized carbons (Fsp3) is 0.273. The zero-order chi connectivity index (χ0) is 13.0. The maximum absolute atomic E-state index is 11.1. The number of aliphatic carboxylic acids is 2. The van der Waals surface area contributed by atoms with Crippen LogP contribution < -0.4 is 0 Å². The van der Waals surface area contributed by atoms with E-state index in [4.69, 9.17) is 10.2 Å². The summed E-state index contributed by atoms with van der Waals surface area (Å²) in [5.74, 6) is -2.61. The van der Waals surface area contributed by atoms with E-state index >= 15 is 0 Å². The number of rotatable bonds is 5. The molecule has 92 valence electrons. The molecule has 0 saturated heterocycles. The predicted octanol–water partition coefficient (Wildman–Crippen LogP) is 0.977. The van der Waals surface area contributed by atoms with Crippen LogP contribution in [-0.4, -0.2) is 38.5 Å². The lowest BCUT2D eigenvalue weighted by atomic mass is 10.1. The molecule has 0 aliphatic rings. The molecule has 0 spiro atoms. The largest absolute Gasteiger partial charge is 0.480 e. The number of hydroxylamine groups is 2. The van der Waals surface area contributed by atoms with Crippen LogP contribution in [0.3, 0.4) is 0 Å². The normalized spacial score (nSPS) is 14.3. The van der Waals surface area contributed by atoms with Crippen molar-refractivity contribution < 1.29 is 25.0 Å². The van der Waals surface area contributed by atoms with Crippen molar-refractivity contribution in [1.29, 1.82) is 0 Å². The van der Waals surface area contributed by atoms with Gasteiger partial charge in [-0.3, -0.25) is 9.59 Å². The third-order valence-electron chi connectivity index (χ3n) is 2.37. The Morgan fingerprint density at radius 1 is 1.12 bits per heavy atom. The third-order valence-corrected chi connectivity index (χ3v) is 2.37. The summed E-state index contributed by atoms with van der Waals surface area (Å²) in [5, 5.41) is 27.7. The Balaban J connectivity index is 3.03. The van der Waals surface area contributed by atoms with Gasteiger partial charge in [-0.15, -0.1) is 0 Å². The number of carboxylic acids is 2. The van der Waals surface area contributed by atoms with Gasteiger partial charge in [-0.2, -0.15) is 5.06 Å². The third kappa shape index (κ3) is 3.02. The first-order valence-electron chi connectivity index (χ1n) is 4.93. The highest BCUT2D eigenvalue weighted by molar-refractivity contribution is 5.78. The summed E-state index contributed by atoms with van der Waals surface area (Å²) in [7, 11) is 0. The van der Waals surface area contributed by atoms with Crippen LogP contribution in [-0.2, 0) is 9.59 Å². The average Bonchev–Trinajstić information content (AvgIpc) is 2.28. The number of hydrogen-bond acceptors (Lipinski definition) is 4. The maximum Gasteiger partial charge on any atom is 0.327 e. The van der Waals surface area contributed by atoms with E-state index < -0.39 is 24.0 Å². The highest BCUT2D eigenvalue weighted by Gasteiger charge is 2.32. The van der Waals surface area contributed by atoms with Crippen LogP contribution in [0.4, 0.5) is 0 Å².